The second-order valence-electron chi connectivity index (χ2n) is 5.86. The third kappa shape index (κ3) is 7.22. The smallest absolute Gasteiger partial charge is 0.191 e. The zero-order valence-corrected chi connectivity index (χ0v) is 19.3. The summed E-state index contributed by atoms with van der Waals surface area (Å²) in [6.07, 6.45) is 0.928. The van der Waals surface area contributed by atoms with Crippen LogP contribution >= 0.6 is 39.9 Å². The number of aliphatic imine (C=N–C) groups is 1. The number of guanidine groups is 1. The van der Waals surface area contributed by atoms with E-state index in [-0.39, 0.29) is 36.3 Å². The molecule has 0 radical (unpaired) electrons. The Hall–Kier alpha value is -1.16. The van der Waals surface area contributed by atoms with Gasteiger partial charge in [0.1, 0.15) is 5.82 Å². The molecule has 0 aliphatic carbocycles. The molecule has 26 heavy (non-hydrogen) atoms. The molecule has 8 heteroatoms. The molecule has 2 rings (SSSR count). The lowest BCUT2D eigenvalue weighted by atomic mass is 10.2. The fourth-order valence-electron chi connectivity index (χ4n) is 2.51. The number of hydrogen-bond donors (Lipinski definition) is 2. The molecular weight excluding hydrogens is 512 g/mol. The van der Waals surface area contributed by atoms with E-state index < -0.39 is 0 Å². The van der Waals surface area contributed by atoms with Crippen molar-refractivity contribution in [3.8, 4) is 0 Å². The summed E-state index contributed by atoms with van der Waals surface area (Å²) in [4.78, 5) is 4.46. The standard InChI is InChI=1S/C18H25BrFN5.HI/c1-4-21-18(23-12-15-11-16(19)6-7-17(15)20)22-8-5-9-25-14(3)10-13(2)24-25;/h6-7,10-11H,4-5,8-9,12H2,1-3H3,(H2,21,22,23);1H. The molecule has 0 atom stereocenters. The Morgan fingerprint density at radius 2 is 2.04 bits per heavy atom. The molecule has 0 saturated carbocycles. The SMILES string of the molecule is CCNC(=NCc1cc(Br)ccc1F)NCCCn1nc(C)cc1C.I. The molecule has 0 fully saturated rings. The van der Waals surface area contributed by atoms with Gasteiger partial charge in [-0.25, -0.2) is 9.38 Å². The van der Waals surface area contributed by atoms with Crippen molar-refractivity contribution in [3.63, 3.8) is 0 Å². The van der Waals surface area contributed by atoms with Crippen LogP contribution in [0.5, 0.6) is 0 Å². The normalized spacial score (nSPS) is 11.2. The van der Waals surface area contributed by atoms with Crippen molar-refractivity contribution in [3.05, 3.63) is 51.5 Å². The molecule has 0 unspecified atom stereocenters. The van der Waals surface area contributed by atoms with E-state index in [1.165, 1.54) is 11.8 Å². The Labute approximate surface area is 180 Å². The minimum Gasteiger partial charge on any atom is -0.357 e. The molecule has 5 nitrogen and oxygen atoms in total. The monoisotopic (exact) mass is 537 g/mol. The zero-order valence-electron chi connectivity index (χ0n) is 15.4. The highest BCUT2D eigenvalue weighted by molar-refractivity contribution is 14.0. The van der Waals surface area contributed by atoms with Gasteiger partial charge in [-0.15, -0.1) is 24.0 Å². The molecule has 2 N–H and O–H groups in total. The van der Waals surface area contributed by atoms with Crippen LogP contribution in [0, 0.1) is 19.7 Å². The van der Waals surface area contributed by atoms with Crippen LogP contribution in [-0.4, -0.2) is 28.8 Å². The molecule has 1 aromatic heterocycles. The highest BCUT2D eigenvalue weighted by Crippen LogP contribution is 2.16. The van der Waals surface area contributed by atoms with Crippen molar-refractivity contribution >= 4 is 45.9 Å². The van der Waals surface area contributed by atoms with Crippen LogP contribution < -0.4 is 10.6 Å². The first-order chi connectivity index (χ1) is 12.0. The summed E-state index contributed by atoms with van der Waals surface area (Å²) in [6.45, 7) is 8.73. The van der Waals surface area contributed by atoms with Gasteiger partial charge >= 0.3 is 0 Å². The first-order valence-corrected chi connectivity index (χ1v) is 9.26. The van der Waals surface area contributed by atoms with Crippen molar-refractivity contribution in [2.24, 2.45) is 4.99 Å². The van der Waals surface area contributed by atoms with Crippen molar-refractivity contribution in [1.29, 1.82) is 0 Å². The summed E-state index contributed by atoms with van der Waals surface area (Å²) >= 11 is 3.36. The summed E-state index contributed by atoms with van der Waals surface area (Å²) in [5, 5.41) is 10.9. The van der Waals surface area contributed by atoms with Gasteiger partial charge in [0.25, 0.3) is 0 Å². The minimum absolute atomic E-state index is 0. The maximum Gasteiger partial charge on any atom is 0.191 e. The summed E-state index contributed by atoms with van der Waals surface area (Å²) in [5.74, 6) is 0.447. The van der Waals surface area contributed by atoms with Crippen LogP contribution in [0.2, 0.25) is 0 Å². The lowest BCUT2D eigenvalue weighted by molar-refractivity contribution is 0.555. The number of rotatable bonds is 7. The first-order valence-electron chi connectivity index (χ1n) is 8.46. The van der Waals surface area contributed by atoms with Crippen molar-refractivity contribution in [1.82, 2.24) is 20.4 Å². The third-order valence-corrected chi connectivity index (χ3v) is 4.20. The highest BCUT2D eigenvalue weighted by atomic mass is 127. The molecule has 0 bridgehead atoms. The number of benzene rings is 1. The Morgan fingerprint density at radius 3 is 2.69 bits per heavy atom. The van der Waals surface area contributed by atoms with E-state index in [1.54, 1.807) is 12.1 Å². The molecule has 0 saturated heterocycles. The maximum absolute atomic E-state index is 13.8. The van der Waals surface area contributed by atoms with Gasteiger partial charge in [-0.3, -0.25) is 4.68 Å². The van der Waals surface area contributed by atoms with Crippen molar-refractivity contribution < 1.29 is 4.39 Å². The van der Waals surface area contributed by atoms with E-state index in [9.17, 15) is 4.39 Å². The average Bonchev–Trinajstić information content (AvgIpc) is 2.89. The molecule has 2 aromatic rings. The summed E-state index contributed by atoms with van der Waals surface area (Å²) in [6, 6.07) is 6.96. The van der Waals surface area contributed by atoms with Crippen LogP contribution in [0.4, 0.5) is 4.39 Å². The summed E-state index contributed by atoms with van der Waals surface area (Å²) < 4.78 is 16.7. The van der Waals surface area contributed by atoms with Crippen LogP contribution in [-0.2, 0) is 13.1 Å². The van der Waals surface area contributed by atoms with E-state index in [0.29, 0.717) is 11.5 Å². The molecule has 1 aromatic carbocycles. The minimum atomic E-state index is -0.243. The summed E-state index contributed by atoms with van der Waals surface area (Å²) in [7, 11) is 0. The quantitative estimate of drug-likeness (QED) is 0.241. The molecule has 0 spiro atoms. The van der Waals surface area contributed by atoms with Gasteiger partial charge in [0.15, 0.2) is 5.96 Å². The molecular formula is C18H26BrFIN5. The van der Waals surface area contributed by atoms with Gasteiger partial charge in [0, 0.05) is 35.4 Å². The van der Waals surface area contributed by atoms with Crippen molar-refractivity contribution in [2.45, 2.75) is 40.3 Å². The number of nitrogens with one attached hydrogen (secondary N) is 2. The average molecular weight is 538 g/mol. The Balaban J connectivity index is 0.00000338. The zero-order chi connectivity index (χ0) is 18.2. The van der Waals surface area contributed by atoms with Gasteiger partial charge in [0.2, 0.25) is 0 Å². The van der Waals surface area contributed by atoms with Crippen LogP contribution in [0.15, 0.2) is 33.7 Å². The largest absolute Gasteiger partial charge is 0.357 e. The van der Waals surface area contributed by atoms with Crippen LogP contribution in [0.3, 0.4) is 0 Å². The number of aromatic nitrogens is 2. The van der Waals surface area contributed by atoms with Gasteiger partial charge in [-0.05, 0) is 51.5 Å². The second kappa shape index (κ2) is 11.5. The second-order valence-corrected chi connectivity index (χ2v) is 6.78. The Morgan fingerprint density at radius 1 is 1.27 bits per heavy atom. The first kappa shape index (κ1) is 22.9. The van der Waals surface area contributed by atoms with E-state index >= 15 is 0 Å². The molecule has 0 amide bonds. The Bertz CT molecular complexity index is 732. The van der Waals surface area contributed by atoms with Crippen LogP contribution in [0.25, 0.3) is 0 Å². The van der Waals surface area contributed by atoms with Gasteiger partial charge < -0.3 is 10.6 Å². The predicted octanol–water partition coefficient (Wildman–Crippen LogP) is 4.16. The molecule has 0 aliphatic heterocycles. The Kier molecular flexibility index (Phi) is 10.1. The number of nitrogens with zero attached hydrogens (tertiary/aromatic N) is 3. The van der Waals surface area contributed by atoms with E-state index in [2.05, 4.69) is 49.6 Å². The highest BCUT2D eigenvalue weighted by Gasteiger charge is 2.04. The van der Waals surface area contributed by atoms with Gasteiger partial charge in [0.05, 0.1) is 12.2 Å². The van der Waals surface area contributed by atoms with Gasteiger partial charge in [-0.2, -0.15) is 5.10 Å². The predicted molar refractivity (Wildman–Crippen MR) is 119 cm³/mol. The fourth-order valence-corrected chi connectivity index (χ4v) is 2.92. The van der Waals surface area contributed by atoms with E-state index in [4.69, 9.17) is 0 Å². The van der Waals surface area contributed by atoms with E-state index in [0.717, 1.165) is 36.2 Å². The lowest BCUT2D eigenvalue weighted by Gasteiger charge is -2.12. The molecule has 0 aliphatic rings. The molecule has 144 valence electrons. The maximum atomic E-state index is 13.8. The van der Waals surface area contributed by atoms with E-state index in [1.807, 2.05) is 18.5 Å². The van der Waals surface area contributed by atoms with Crippen molar-refractivity contribution in [2.75, 3.05) is 13.1 Å². The third-order valence-electron chi connectivity index (χ3n) is 3.70. The number of hydrogen-bond acceptors (Lipinski definition) is 2. The molecule has 1 heterocycles. The number of halogens is 3. The topological polar surface area (TPSA) is 54.2 Å². The fraction of sp³-hybridized carbons (Fsp3) is 0.444. The van der Waals surface area contributed by atoms with Crippen LogP contribution in [0.1, 0.15) is 30.3 Å². The number of aryl methyl sites for hydroxylation is 3. The lowest BCUT2D eigenvalue weighted by Crippen LogP contribution is -2.38. The summed E-state index contributed by atoms with van der Waals surface area (Å²) in [5.41, 5.74) is 2.77. The van der Waals surface area contributed by atoms with Gasteiger partial charge in [-0.1, -0.05) is 15.9 Å².